The first-order valence-electron chi connectivity index (χ1n) is 5.19. The Bertz CT molecular complexity index is 325. The van der Waals surface area contributed by atoms with E-state index in [9.17, 15) is 4.39 Å². The minimum atomic E-state index is -0.186. The van der Waals surface area contributed by atoms with Crippen LogP contribution in [0.4, 0.5) is 4.39 Å². The van der Waals surface area contributed by atoms with Gasteiger partial charge in [-0.3, -0.25) is 0 Å². The zero-order chi connectivity index (χ0) is 10.8. The van der Waals surface area contributed by atoms with E-state index in [1.165, 1.54) is 12.1 Å². The van der Waals surface area contributed by atoms with Gasteiger partial charge in [0.25, 0.3) is 0 Å². The zero-order valence-corrected chi connectivity index (χ0v) is 10.2. The van der Waals surface area contributed by atoms with Crippen LogP contribution in [0, 0.1) is 11.7 Å². The van der Waals surface area contributed by atoms with Crippen LogP contribution in [0.2, 0.25) is 0 Å². The maximum atomic E-state index is 12.8. The van der Waals surface area contributed by atoms with Gasteiger partial charge in [0.2, 0.25) is 0 Å². The number of rotatable bonds is 2. The average Bonchev–Trinajstić information content (AvgIpc) is 2.65. The molecule has 0 spiro atoms. The van der Waals surface area contributed by atoms with Gasteiger partial charge in [0.1, 0.15) is 5.82 Å². The Hall–Kier alpha value is -0.410. The highest BCUT2D eigenvalue weighted by molar-refractivity contribution is 9.09. The molecule has 0 saturated carbocycles. The molecule has 82 valence electrons. The van der Waals surface area contributed by atoms with E-state index in [0.717, 1.165) is 18.6 Å². The van der Waals surface area contributed by atoms with Crippen LogP contribution in [0.15, 0.2) is 24.3 Å². The van der Waals surface area contributed by atoms with Gasteiger partial charge in [-0.1, -0.05) is 28.1 Å². The number of ether oxygens (including phenoxy) is 1. The van der Waals surface area contributed by atoms with E-state index in [-0.39, 0.29) is 16.7 Å². The van der Waals surface area contributed by atoms with Gasteiger partial charge >= 0.3 is 0 Å². The van der Waals surface area contributed by atoms with Gasteiger partial charge in [-0.05, 0) is 31.0 Å². The molecule has 1 aromatic carbocycles. The van der Waals surface area contributed by atoms with E-state index in [0.29, 0.717) is 5.92 Å². The van der Waals surface area contributed by atoms with Crippen molar-refractivity contribution in [3.05, 3.63) is 35.6 Å². The highest BCUT2D eigenvalue weighted by atomic mass is 79.9. The molecule has 1 fully saturated rings. The summed E-state index contributed by atoms with van der Waals surface area (Å²) in [7, 11) is 0. The van der Waals surface area contributed by atoms with Crippen molar-refractivity contribution in [2.24, 2.45) is 5.92 Å². The fourth-order valence-corrected chi connectivity index (χ4v) is 3.03. The molecular weight excluding hydrogens is 259 g/mol. The number of hydrogen-bond acceptors (Lipinski definition) is 1. The maximum absolute atomic E-state index is 12.8. The van der Waals surface area contributed by atoms with Crippen molar-refractivity contribution in [1.29, 1.82) is 0 Å². The molecule has 0 aromatic heterocycles. The van der Waals surface area contributed by atoms with Crippen LogP contribution in [0.1, 0.15) is 23.7 Å². The van der Waals surface area contributed by atoms with E-state index in [2.05, 4.69) is 22.9 Å². The molecule has 0 bridgehead atoms. The van der Waals surface area contributed by atoms with Gasteiger partial charge in [0.15, 0.2) is 0 Å². The highest BCUT2D eigenvalue weighted by Crippen LogP contribution is 2.39. The molecule has 1 aliphatic heterocycles. The van der Waals surface area contributed by atoms with E-state index in [1.807, 2.05) is 12.1 Å². The summed E-state index contributed by atoms with van der Waals surface area (Å²) in [5, 5.41) is 0. The van der Waals surface area contributed by atoms with E-state index >= 15 is 0 Å². The Kier molecular flexibility index (Phi) is 3.42. The van der Waals surface area contributed by atoms with Crippen molar-refractivity contribution >= 4 is 15.9 Å². The van der Waals surface area contributed by atoms with Crippen LogP contribution < -0.4 is 0 Å². The maximum Gasteiger partial charge on any atom is 0.123 e. The lowest BCUT2D eigenvalue weighted by atomic mass is 9.94. The van der Waals surface area contributed by atoms with Crippen LogP contribution in [0.25, 0.3) is 0 Å². The Balaban J connectivity index is 2.13. The Labute approximate surface area is 97.8 Å². The molecule has 0 amide bonds. The Morgan fingerprint density at radius 3 is 2.60 bits per heavy atom. The SMILES string of the molecule is CC1OCCC1C(Br)c1ccc(F)cc1. The Morgan fingerprint density at radius 2 is 2.07 bits per heavy atom. The summed E-state index contributed by atoms with van der Waals surface area (Å²) < 4.78 is 18.3. The van der Waals surface area contributed by atoms with Crippen molar-refractivity contribution in [3.8, 4) is 0 Å². The first kappa shape index (κ1) is 11.1. The molecule has 1 heterocycles. The van der Waals surface area contributed by atoms with E-state index in [1.54, 1.807) is 0 Å². The molecule has 15 heavy (non-hydrogen) atoms. The van der Waals surface area contributed by atoms with Gasteiger partial charge in [0.05, 0.1) is 6.10 Å². The highest BCUT2D eigenvalue weighted by Gasteiger charge is 2.31. The second-order valence-corrected chi connectivity index (χ2v) is 4.97. The third-order valence-electron chi connectivity index (χ3n) is 3.00. The van der Waals surface area contributed by atoms with Crippen LogP contribution in [0.5, 0.6) is 0 Å². The van der Waals surface area contributed by atoms with Gasteiger partial charge in [-0.2, -0.15) is 0 Å². The number of halogens is 2. The lowest BCUT2D eigenvalue weighted by Crippen LogP contribution is -2.16. The second-order valence-electron chi connectivity index (χ2n) is 3.98. The summed E-state index contributed by atoms with van der Waals surface area (Å²) in [4.78, 5) is 0.260. The number of hydrogen-bond donors (Lipinski definition) is 0. The van der Waals surface area contributed by atoms with Crippen LogP contribution in [-0.4, -0.2) is 12.7 Å². The molecule has 0 radical (unpaired) electrons. The summed E-state index contributed by atoms with van der Waals surface area (Å²) in [6.07, 6.45) is 1.34. The minimum absolute atomic E-state index is 0.186. The molecule has 2 rings (SSSR count). The molecular formula is C12H14BrFO. The third-order valence-corrected chi connectivity index (χ3v) is 4.21. The van der Waals surface area contributed by atoms with Gasteiger partial charge in [-0.25, -0.2) is 4.39 Å². The molecule has 1 aliphatic rings. The number of alkyl halides is 1. The molecule has 1 nitrogen and oxygen atoms in total. The van der Waals surface area contributed by atoms with Crippen LogP contribution in [-0.2, 0) is 4.74 Å². The first-order valence-corrected chi connectivity index (χ1v) is 6.11. The van der Waals surface area contributed by atoms with Crippen LogP contribution in [0.3, 0.4) is 0 Å². The molecule has 3 unspecified atom stereocenters. The van der Waals surface area contributed by atoms with Gasteiger partial charge in [0, 0.05) is 17.4 Å². The first-order chi connectivity index (χ1) is 7.18. The van der Waals surface area contributed by atoms with Gasteiger partial charge in [-0.15, -0.1) is 0 Å². The van der Waals surface area contributed by atoms with Crippen molar-refractivity contribution in [2.45, 2.75) is 24.3 Å². The fraction of sp³-hybridized carbons (Fsp3) is 0.500. The molecule has 3 heteroatoms. The number of benzene rings is 1. The predicted molar refractivity (Wildman–Crippen MR) is 61.6 cm³/mol. The molecule has 0 N–H and O–H groups in total. The lowest BCUT2D eigenvalue weighted by molar-refractivity contribution is 0.105. The largest absolute Gasteiger partial charge is 0.378 e. The monoisotopic (exact) mass is 272 g/mol. The summed E-state index contributed by atoms with van der Waals surface area (Å²) in [5.41, 5.74) is 1.12. The molecule has 0 aliphatic carbocycles. The summed E-state index contributed by atoms with van der Waals surface area (Å²) in [5.74, 6) is 0.296. The predicted octanol–water partition coefficient (Wildman–Crippen LogP) is 3.69. The van der Waals surface area contributed by atoms with Crippen molar-refractivity contribution < 1.29 is 9.13 Å². The second kappa shape index (κ2) is 4.62. The van der Waals surface area contributed by atoms with Crippen LogP contribution >= 0.6 is 15.9 Å². The smallest absolute Gasteiger partial charge is 0.123 e. The molecule has 1 aromatic rings. The minimum Gasteiger partial charge on any atom is -0.378 e. The van der Waals surface area contributed by atoms with E-state index in [4.69, 9.17) is 4.74 Å². The lowest BCUT2D eigenvalue weighted by Gasteiger charge is -2.20. The normalized spacial score (nSPS) is 27.9. The summed E-state index contributed by atoms with van der Waals surface area (Å²) in [6, 6.07) is 6.67. The van der Waals surface area contributed by atoms with E-state index < -0.39 is 0 Å². The molecule has 3 atom stereocenters. The Morgan fingerprint density at radius 1 is 1.40 bits per heavy atom. The molecule has 1 saturated heterocycles. The quantitative estimate of drug-likeness (QED) is 0.747. The van der Waals surface area contributed by atoms with Crippen molar-refractivity contribution in [2.75, 3.05) is 6.61 Å². The fourth-order valence-electron chi connectivity index (χ4n) is 2.03. The van der Waals surface area contributed by atoms with Crippen molar-refractivity contribution in [1.82, 2.24) is 0 Å². The topological polar surface area (TPSA) is 9.23 Å². The van der Waals surface area contributed by atoms with Crippen molar-refractivity contribution in [3.63, 3.8) is 0 Å². The third kappa shape index (κ3) is 2.40. The van der Waals surface area contributed by atoms with Gasteiger partial charge < -0.3 is 4.74 Å². The zero-order valence-electron chi connectivity index (χ0n) is 8.62. The standard InChI is InChI=1S/C12H14BrFO/c1-8-11(6-7-15-8)12(13)9-2-4-10(14)5-3-9/h2-5,8,11-12H,6-7H2,1H3. The average molecular weight is 273 g/mol. The summed E-state index contributed by atoms with van der Waals surface area (Å²) >= 11 is 3.68. The summed E-state index contributed by atoms with van der Waals surface area (Å²) in [6.45, 7) is 2.92.